The number of anilines is 1. The smallest absolute Gasteiger partial charge is 0.287 e. The summed E-state index contributed by atoms with van der Waals surface area (Å²) >= 11 is 6.15. The molecule has 1 saturated carbocycles. The number of hydrogen-bond acceptors (Lipinski definition) is 5. The minimum atomic E-state index is -0.259. The van der Waals surface area contributed by atoms with E-state index in [9.17, 15) is 4.79 Å². The molecule has 20 heavy (non-hydrogen) atoms. The summed E-state index contributed by atoms with van der Waals surface area (Å²) in [6.45, 7) is 1.26. The Kier molecular flexibility index (Phi) is 5.01. The molecule has 0 radical (unpaired) electrons. The Labute approximate surface area is 123 Å². The maximum Gasteiger partial charge on any atom is 0.287 e. The number of nitrogens with one attached hydrogen (secondary N) is 1. The molecule has 0 aliphatic heterocycles. The van der Waals surface area contributed by atoms with Crippen molar-refractivity contribution in [2.24, 2.45) is 5.73 Å². The molecule has 0 amide bonds. The number of rotatable bonds is 5. The van der Waals surface area contributed by atoms with Crippen molar-refractivity contribution in [3.05, 3.63) is 21.6 Å². The number of hydrogen-bond donors (Lipinski definition) is 2. The van der Waals surface area contributed by atoms with E-state index in [2.05, 4.69) is 10.4 Å². The second-order valence-electron chi connectivity index (χ2n) is 5.55. The zero-order valence-corrected chi connectivity index (χ0v) is 12.7. The monoisotopic (exact) mass is 299 g/mol. The molecule has 3 N–H and O–H groups in total. The summed E-state index contributed by atoms with van der Waals surface area (Å²) in [6.07, 6.45) is 4.72. The van der Waals surface area contributed by atoms with Gasteiger partial charge in [0.1, 0.15) is 5.02 Å². The predicted octanol–water partition coefficient (Wildman–Crippen LogP) is 0.750. The van der Waals surface area contributed by atoms with Gasteiger partial charge in [0.05, 0.1) is 18.4 Å². The van der Waals surface area contributed by atoms with Gasteiger partial charge in [-0.3, -0.25) is 4.79 Å². The van der Waals surface area contributed by atoms with Gasteiger partial charge >= 0.3 is 0 Å². The molecule has 0 bridgehead atoms. The minimum Gasteiger partial charge on any atom is -0.378 e. The van der Waals surface area contributed by atoms with Crippen LogP contribution in [0.3, 0.4) is 0 Å². The Morgan fingerprint density at radius 2 is 2.30 bits per heavy atom. The first kappa shape index (κ1) is 15.3. The molecule has 1 aromatic rings. The van der Waals surface area contributed by atoms with Crippen LogP contribution in [-0.4, -0.2) is 47.4 Å². The molecule has 112 valence electrons. The first-order valence-corrected chi connectivity index (χ1v) is 7.29. The molecule has 0 spiro atoms. The summed E-state index contributed by atoms with van der Waals surface area (Å²) in [5, 5.41) is 7.61. The number of aromatic nitrogens is 2. The van der Waals surface area contributed by atoms with Crippen LogP contribution in [0.25, 0.3) is 0 Å². The number of likely N-dealkylation sites (N-methyl/N-ethyl adjacent to an activating group) is 1. The Morgan fingerprint density at radius 3 is 2.90 bits per heavy atom. The maximum atomic E-state index is 12.1. The van der Waals surface area contributed by atoms with Gasteiger partial charge in [-0.2, -0.15) is 5.10 Å². The van der Waals surface area contributed by atoms with E-state index in [4.69, 9.17) is 17.3 Å². The molecule has 2 rings (SSSR count). The summed E-state index contributed by atoms with van der Waals surface area (Å²) in [4.78, 5) is 14.1. The molecule has 6 nitrogen and oxygen atoms in total. The third kappa shape index (κ3) is 3.50. The first-order chi connectivity index (χ1) is 9.49. The summed E-state index contributed by atoms with van der Waals surface area (Å²) in [6, 6.07) is 0.286. The summed E-state index contributed by atoms with van der Waals surface area (Å²) in [5.74, 6) is 0. The number of nitrogens with two attached hydrogens (primary N) is 1. The van der Waals surface area contributed by atoms with Crippen LogP contribution < -0.4 is 16.6 Å². The zero-order chi connectivity index (χ0) is 14.7. The van der Waals surface area contributed by atoms with E-state index < -0.39 is 0 Å². The van der Waals surface area contributed by atoms with Gasteiger partial charge in [0.2, 0.25) is 0 Å². The fourth-order valence-electron chi connectivity index (χ4n) is 2.39. The highest BCUT2D eigenvalue weighted by Crippen LogP contribution is 2.24. The largest absolute Gasteiger partial charge is 0.378 e. The summed E-state index contributed by atoms with van der Waals surface area (Å²) in [7, 11) is 3.90. The fraction of sp³-hybridized carbons (Fsp3) is 0.692. The van der Waals surface area contributed by atoms with E-state index in [1.807, 2.05) is 19.0 Å². The van der Waals surface area contributed by atoms with Crippen LogP contribution in [0.4, 0.5) is 5.69 Å². The highest BCUT2D eigenvalue weighted by Gasteiger charge is 2.24. The van der Waals surface area contributed by atoms with E-state index >= 15 is 0 Å². The highest BCUT2D eigenvalue weighted by molar-refractivity contribution is 6.32. The van der Waals surface area contributed by atoms with Crippen molar-refractivity contribution < 1.29 is 0 Å². The third-order valence-corrected chi connectivity index (χ3v) is 4.02. The summed E-state index contributed by atoms with van der Waals surface area (Å²) in [5.41, 5.74) is 6.34. The second-order valence-corrected chi connectivity index (χ2v) is 5.93. The summed E-state index contributed by atoms with van der Waals surface area (Å²) < 4.78 is 1.39. The van der Waals surface area contributed by atoms with Gasteiger partial charge in [0.25, 0.3) is 5.56 Å². The SMILES string of the molecule is CN(C)CCn1ncc(NC2CCCC2N)c(Cl)c1=O. The van der Waals surface area contributed by atoms with Gasteiger partial charge in [-0.25, -0.2) is 4.68 Å². The lowest BCUT2D eigenvalue weighted by Crippen LogP contribution is -2.36. The van der Waals surface area contributed by atoms with E-state index in [-0.39, 0.29) is 22.7 Å². The van der Waals surface area contributed by atoms with Crippen LogP contribution >= 0.6 is 11.6 Å². The quantitative estimate of drug-likeness (QED) is 0.839. The molecule has 1 aliphatic carbocycles. The molecule has 0 aromatic carbocycles. The lowest BCUT2D eigenvalue weighted by atomic mass is 10.2. The predicted molar refractivity (Wildman–Crippen MR) is 81.3 cm³/mol. The number of halogens is 1. The van der Waals surface area contributed by atoms with Gasteiger partial charge < -0.3 is 16.0 Å². The van der Waals surface area contributed by atoms with Crippen LogP contribution in [0.5, 0.6) is 0 Å². The van der Waals surface area contributed by atoms with Gasteiger partial charge in [-0.1, -0.05) is 11.6 Å². The van der Waals surface area contributed by atoms with Gasteiger partial charge in [0.15, 0.2) is 0 Å². The molecule has 1 aliphatic rings. The van der Waals surface area contributed by atoms with Crippen molar-refractivity contribution in [1.29, 1.82) is 0 Å². The second kappa shape index (κ2) is 6.56. The number of nitrogens with zero attached hydrogens (tertiary/aromatic N) is 3. The van der Waals surface area contributed by atoms with Gasteiger partial charge in [0, 0.05) is 18.6 Å². The van der Waals surface area contributed by atoms with Crippen LogP contribution in [0.15, 0.2) is 11.0 Å². The van der Waals surface area contributed by atoms with Crippen LogP contribution in [0, 0.1) is 0 Å². The van der Waals surface area contributed by atoms with E-state index in [0.717, 1.165) is 25.8 Å². The average Bonchev–Trinajstić information content (AvgIpc) is 2.79. The fourth-order valence-corrected chi connectivity index (χ4v) is 2.59. The van der Waals surface area contributed by atoms with Crippen LogP contribution in [0.1, 0.15) is 19.3 Å². The molecule has 2 atom stereocenters. The molecule has 1 fully saturated rings. The highest BCUT2D eigenvalue weighted by atomic mass is 35.5. The van der Waals surface area contributed by atoms with Crippen molar-refractivity contribution in [3.8, 4) is 0 Å². The van der Waals surface area contributed by atoms with Crippen LogP contribution in [-0.2, 0) is 6.54 Å². The third-order valence-electron chi connectivity index (χ3n) is 3.65. The minimum absolute atomic E-state index is 0.113. The Bertz CT molecular complexity index is 516. The normalized spacial score (nSPS) is 22.4. The Hall–Kier alpha value is -1.11. The molecule has 7 heteroatoms. The molecular weight excluding hydrogens is 278 g/mol. The van der Waals surface area contributed by atoms with E-state index in [0.29, 0.717) is 12.2 Å². The van der Waals surface area contributed by atoms with E-state index in [1.54, 1.807) is 6.20 Å². The zero-order valence-electron chi connectivity index (χ0n) is 12.0. The van der Waals surface area contributed by atoms with Crippen molar-refractivity contribution in [3.63, 3.8) is 0 Å². The lowest BCUT2D eigenvalue weighted by Gasteiger charge is -2.19. The lowest BCUT2D eigenvalue weighted by molar-refractivity contribution is 0.367. The topological polar surface area (TPSA) is 76.2 Å². The maximum absolute atomic E-state index is 12.1. The first-order valence-electron chi connectivity index (χ1n) is 6.91. The van der Waals surface area contributed by atoms with Crippen LogP contribution in [0.2, 0.25) is 5.02 Å². The molecule has 1 aromatic heterocycles. The van der Waals surface area contributed by atoms with Crippen molar-refractivity contribution >= 4 is 17.3 Å². The van der Waals surface area contributed by atoms with Gasteiger partial charge in [-0.15, -0.1) is 0 Å². The Balaban J connectivity index is 2.12. The average molecular weight is 300 g/mol. The van der Waals surface area contributed by atoms with E-state index in [1.165, 1.54) is 4.68 Å². The van der Waals surface area contributed by atoms with Crippen molar-refractivity contribution in [1.82, 2.24) is 14.7 Å². The van der Waals surface area contributed by atoms with Gasteiger partial charge in [-0.05, 0) is 33.4 Å². The Morgan fingerprint density at radius 1 is 1.55 bits per heavy atom. The molecule has 1 heterocycles. The van der Waals surface area contributed by atoms with Crippen molar-refractivity contribution in [2.45, 2.75) is 37.9 Å². The van der Waals surface area contributed by atoms with Crippen molar-refractivity contribution in [2.75, 3.05) is 26.0 Å². The molecule has 0 saturated heterocycles. The standard InChI is InChI=1S/C13H22ClN5O/c1-18(2)6-7-19-13(20)12(14)11(8-16-19)17-10-5-3-4-9(10)15/h8-10,17H,3-7,15H2,1-2H3. The molecular formula is C13H22ClN5O. The molecule has 2 unspecified atom stereocenters.